The van der Waals surface area contributed by atoms with Crippen LogP contribution in [-0.4, -0.2) is 43.0 Å². The Labute approximate surface area is 152 Å². The molecule has 0 saturated heterocycles. The average molecular weight is 382 g/mol. The first-order chi connectivity index (χ1) is 11.8. The zero-order chi connectivity index (χ0) is 18.3. The molecule has 1 amide bonds. The smallest absolute Gasteiger partial charge is 0.235 e. The van der Waals surface area contributed by atoms with Gasteiger partial charge < -0.3 is 5.32 Å². The van der Waals surface area contributed by atoms with Crippen LogP contribution in [0.15, 0.2) is 48.8 Å². The van der Waals surface area contributed by atoms with E-state index < -0.39 is 10.0 Å². The lowest BCUT2D eigenvalue weighted by atomic mass is 10.1. The number of carbonyl (C=O) groups excluding carboxylic acids is 1. The summed E-state index contributed by atoms with van der Waals surface area (Å²) in [6, 6.07) is 10.8. The minimum atomic E-state index is -3.48. The molecule has 6 nitrogen and oxygen atoms in total. The second kappa shape index (κ2) is 8.94. The summed E-state index contributed by atoms with van der Waals surface area (Å²) in [5.74, 6) is -0.349. The number of nitrogens with zero attached hydrogens (tertiary/aromatic N) is 2. The number of carbonyl (C=O) groups is 1. The maximum atomic E-state index is 12.1. The molecule has 0 atom stereocenters. The monoisotopic (exact) mass is 381 g/mol. The fourth-order valence-electron chi connectivity index (χ4n) is 2.18. The Kier molecular flexibility index (Phi) is 6.92. The highest BCUT2D eigenvalue weighted by molar-refractivity contribution is 7.88. The van der Waals surface area contributed by atoms with Crippen LogP contribution in [0.2, 0.25) is 5.02 Å². The van der Waals surface area contributed by atoms with E-state index in [1.807, 2.05) is 12.1 Å². The number of pyridine rings is 1. The van der Waals surface area contributed by atoms with E-state index in [1.54, 1.807) is 36.7 Å². The van der Waals surface area contributed by atoms with Crippen LogP contribution in [-0.2, 0) is 27.8 Å². The molecule has 0 aliphatic heterocycles. The minimum absolute atomic E-state index is 0.211. The lowest BCUT2D eigenvalue weighted by Gasteiger charge is -2.19. The van der Waals surface area contributed by atoms with Crippen LogP contribution in [0.1, 0.15) is 11.1 Å². The Morgan fingerprint density at radius 2 is 1.76 bits per heavy atom. The summed E-state index contributed by atoms with van der Waals surface area (Å²) in [4.78, 5) is 16.0. The van der Waals surface area contributed by atoms with Crippen molar-refractivity contribution in [3.63, 3.8) is 0 Å². The van der Waals surface area contributed by atoms with Crippen LogP contribution in [0.5, 0.6) is 0 Å². The van der Waals surface area contributed by atoms with Gasteiger partial charge in [0.2, 0.25) is 15.9 Å². The third kappa shape index (κ3) is 6.81. The molecular weight excluding hydrogens is 362 g/mol. The summed E-state index contributed by atoms with van der Waals surface area (Å²) >= 11 is 5.84. The van der Waals surface area contributed by atoms with Gasteiger partial charge in [0.05, 0.1) is 12.8 Å². The highest BCUT2D eigenvalue weighted by atomic mass is 35.5. The molecule has 0 aliphatic rings. The molecule has 0 fully saturated rings. The first-order valence-corrected chi connectivity index (χ1v) is 9.92. The number of nitrogens with one attached hydrogen (secondary N) is 1. The molecule has 25 heavy (non-hydrogen) atoms. The van der Waals surface area contributed by atoms with Crippen molar-refractivity contribution < 1.29 is 13.2 Å². The van der Waals surface area contributed by atoms with E-state index in [9.17, 15) is 13.2 Å². The topological polar surface area (TPSA) is 79.4 Å². The fraction of sp³-hybridized carbons (Fsp3) is 0.294. The van der Waals surface area contributed by atoms with Crippen molar-refractivity contribution in [2.24, 2.45) is 0 Å². The largest absolute Gasteiger partial charge is 0.351 e. The number of sulfonamides is 1. The van der Waals surface area contributed by atoms with Crippen LogP contribution in [0.3, 0.4) is 0 Å². The summed E-state index contributed by atoms with van der Waals surface area (Å²) in [6.45, 7) is 0.344. The summed E-state index contributed by atoms with van der Waals surface area (Å²) < 4.78 is 25.0. The van der Waals surface area contributed by atoms with E-state index in [0.717, 1.165) is 17.4 Å². The fourth-order valence-corrected chi connectivity index (χ4v) is 3.09. The van der Waals surface area contributed by atoms with Crippen molar-refractivity contribution in [1.82, 2.24) is 14.6 Å². The van der Waals surface area contributed by atoms with E-state index in [-0.39, 0.29) is 19.0 Å². The molecule has 0 aliphatic carbocycles. The van der Waals surface area contributed by atoms with Gasteiger partial charge in [-0.1, -0.05) is 23.7 Å². The van der Waals surface area contributed by atoms with E-state index in [2.05, 4.69) is 10.3 Å². The van der Waals surface area contributed by atoms with Gasteiger partial charge in [0.15, 0.2) is 0 Å². The summed E-state index contributed by atoms with van der Waals surface area (Å²) in [6.07, 6.45) is 4.87. The van der Waals surface area contributed by atoms with Gasteiger partial charge >= 0.3 is 0 Å². The quantitative estimate of drug-likeness (QED) is 0.756. The standard InChI is InChI=1S/C17H20ClN3O3S/c1-25(23,24)21(11-8-14-2-4-16(18)5-3-14)13-17(22)20-12-15-6-9-19-10-7-15/h2-7,9-10H,8,11-13H2,1H3,(H,20,22). The van der Waals surface area contributed by atoms with E-state index in [0.29, 0.717) is 18.0 Å². The maximum absolute atomic E-state index is 12.1. The Bertz CT molecular complexity index is 796. The molecule has 2 aromatic rings. The minimum Gasteiger partial charge on any atom is -0.351 e. The number of aromatic nitrogens is 1. The van der Waals surface area contributed by atoms with E-state index in [4.69, 9.17) is 11.6 Å². The molecule has 1 aromatic carbocycles. The van der Waals surface area contributed by atoms with Crippen molar-refractivity contribution in [3.8, 4) is 0 Å². The van der Waals surface area contributed by atoms with Crippen molar-refractivity contribution in [3.05, 3.63) is 64.9 Å². The lowest BCUT2D eigenvalue weighted by molar-refractivity contribution is -0.121. The van der Waals surface area contributed by atoms with Crippen LogP contribution in [0, 0.1) is 0 Å². The summed E-state index contributed by atoms with van der Waals surface area (Å²) in [7, 11) is -3.48. The van der Waals surface area contributed by atoms with Gasteiger partial charge in [-0.3, -0.25) is 9.78 Å². The Morgan fingerprint density at radius 3 is 2.36 bits per heavy atom. The summed E-state index contributed by atoms with van der Waals surface area (Å²) in [5.41, 5.74) is 1.85. The molecule has 0 radical (unpaired) electrons. The SMILES string of the molecule is CS(=O)(=O)N(CCc1ccc(Cl)cc1)CC(=O)NCc1ccncc1. The molecule has 134 valence electrons. The van der Waals surface area contributed by atoms with Crippen LogP contribution in [0.4, 0.5) is 0 Å². The van der Waals surface area contributed by atoms with Crippen LogP contribution < -0.4 is 5.32 Å². The van der Waals surface area contributed by atoms with E-state index in [1.165, 1.54) is 4.31 Å². The molecule has 1 N–H and O–H groups in total. The summed E-state index contributed by atoms with van der Waals surface area (Å²) in [5, 5.41) is 3.34. The number of amides is 1. The van der Waals surface area contributed by atoms with Crippen molar-refractivity contribution in [2.75, 3.05) is 19.3 Å². The predicted molar refractivity (Wildman–Crippen MR) is 97.7 cm³/mol. The molecule has 1 aromatic heterocycles. The second-order valence-electron chi connectivity index (χ2n) is 5.61. The van der Waals surface area contributed by atoms with Crippen molar-refractivity contribution >= 4 is 27.5 Å². The first-order valence-electron chi connectivity index (χ1n) is 7.70. The molecule has 8 heteroatoms. The molecule has 2 rings (SSSR count). The molecule has 0 spiro atoms. The normalized spacial score (nSPS) is 11.5. The van der Waals surface area contributed by atoms with Crippen molar-refractivity contribution in [2.45, 2.75) is 13.0 Å². The van der Waals surface area contributed by atoms with Crippen LogP contribution >= 0.6 is 11.6 Å². The first kappa shape index (κ1) is 19.4. The third-order valence-corrected chi connectivity index (χ3v) is 5.09. The van der Waals surface area contributed by atoms with Gasteiger partial charge in [0, 0.05) is 30.5 Å². The molecule has 0 bridgehead atoms. The van der Waals surface area contributed by atoms with Crippen LogP contribution in [0.25, 0.3) is 0 Å². The lowest BCUT2D eigenvalue weighted by Crippen LogP contribution is -2.41. The van der Waals surface area contributed by atoms with Gasteiger partial charge in [-0.15, -0.1) is 0 Å². The van der Waals surface area contributed by atoms with Gasteiger partial charge in [-0.25, -0.2) is 8.42 Å². The highest BCUT2D eigenvalue weighted by Gasteiger charge is 2.19. The Balaban J connectivity index is 1.91. The Hall–Kier alpha value is -1.96. The predicted octanol–water partition coefficient (Wildman–Crippen LogP) is 1.86. The van der Waals surface area contributed by atoms with Gasteiger partial charge in [-0.2, -0.15) is 4.31 Å². The number of benzene rings is 1. The molecular formula is C17H20ClN3O3S. The second-order valence-corrected chi connectivity index (χ2v) is 8.02. The molecule has 1 heterocycles. The highest BCUT2D eigenvalue weighted by Crippen LogP contribution is 2.11. The zero-order valence-electron chi connectivity index (χ0n) is 13.9. The number of hydrogen-bond donors (Lipinski definition) is 1. The third-order valence-electron chi connectivity index (χ3n) is 3.59. The molecule has 0 saturated carbocycles. The van der Waals surface area contributed by atoms with E-state index >= 15 is 0 Å². The maximum Gasteiger partial charge on any atom is 0.235 e. The number of halogens is 1. The van der Waals surface area contributed by atoms with Gasteiger partial charge in [-0.05, 0) is 41.8 Å². The Morgan fingerprint density at radius 1 is 1.12 bits per heavy atom. The number of rotatable bonds is 8. The zero-order valence-corrected chi connectivity index (χ0v) is 15.4. The molecule has 0 unspecified atom stereocenters. The van der Waals surface area contributed by atoms with Gasteiger partial charge in [0.1, 0.15) is 0 Å². The number of hydrogen-bond acceptors (Lipinski definition) is 4. The van der Waals surface area contributed by atoms with Gasteiger partial charge in [0.25, 0.3) is 0 Å². The average Bonchev–Trinajstić information content (AvgIpc) is 2.58. The van der Waals surface area contributed by atoms with Crippen molar-refractivity contribution in [1.29, 1.82) is 0 Å².